The molecule has 0 aliphatic heterocycles. The van der Waals surface area contributed by atoms with E-state index in [1.165, 1.54) is 0 Å². The lowest BCUT2D eigenvalue weighted by atomic mass is 9.90. The third-order valence-corrected chi connectivity index (χ3v) is 2.72. The molecule has 0 unspecified atom stereocenters. The summed E-state index contributed by atoms with van der Waals surface area (Å²) in [6.45, 7) is 2.60. The number of hydrogen-bond donors (Lipinski definition) is 3. The first-order valence-corrected chi connectivity index (χ1v) is 6.22. The quantitative estimate of drug-likeness (QED) is 0.685. The van der Waals surface area contributed by atoms with Crippen LogP contribution in [-0.2, 0) is 0 Å². The number of hydrogen-bond acceptors (Lipinski definition) is 7. The van der Waals surface area contributed by atoms with E-state index in [1.54, 1.807) is 7.05 Å². The lowest BCUT2D eigenvalue weighted by Crippen LogP contribution is -2.39. The first-order chi connectivity index (χ1) is 8.71. The number of aliphatic hydroxyl groups excluding tert-OH is 1. The molecule has 18 heavy (non-hydrogen) atoms. The van der Waals surface area contributed by atoms with Gasteiger partial charge in [0.15, 0.2) is 0 Å². The number of nitrogens with one attached hydrogen (secondary N) is 2. The van der Waals surface area contributed by atoms with Crippen LogP contribution in [0.3, 0.4) is 0 Å². The molecule has 1 aromatic rings. The third kappa shape index (κ3) is 3.19. The van der Waals surface area contributed by atoms with Crippen molar-refractivity contribution in [1.82, 2.24) is 15.0 Å². The van der Waals surface area contributed by atoms with Gasteiger partial charge in [-0.1, -0.05) is 6.92 Å². The molecule has 0 aromatic carbocycles. The van der Waals surface area contributed by atoms with Crippen molar-refractivity contribution < 1.29 is 9.84 Å². The van der Waals surface area contributed by atoms with Gasteiger partial charge in [0, 0.05) is 13.1 Å². The molecule has 1 heterocycles. The summed E-state index contributed by atoms with van der Waals surface area (Å²) in [7, 11) is 1.75. The van der Waals surface area contributed by atoms with Gasteiger partial charge in [0.25, 0.3) is 0 Å². The first-order valence-electron chi connectivity index (χ1n) is 6.22. The van der Waals surface area contributed by atoms with E-state index in [4.69, 9.17) is 4.74 Å². The summed E-state index contributed by atoms with van der Waals surface area (Å²) in [6, 6.07) is 0.546. The molecular formula is C11H19N5O2. The minimum atomic E-state index is -0.205. The highest BCUT2D eigenvalue weighted by Crippen LogP contribution is 2.23. The monoisotopic (exact) mass is 253 g/mol. The van der Waals surface area contributed by atoms with E-state index in [0.717, 1.165) is 19.3 Å². The number of nitrogens with zero attached hydrogens (tertiary/aromatic N) is 3. The molecule has 1 aromatic heterocycles. The van der Waals surface area contributed by atoms with E-state index in [0.29, 0.717) is 24.5 Å². The lowest BCUT2D eigenvalue weighted by molar-refractivity contribution is 0.0834. The van der Waals surface area contributed by atoms with E-state index >= 15 is 0 Å². The first kappa shape index (κ1) is 12.8. The Labute approximate surface area is 106 Å². The van der Waals surface area contributed by atoms with Crippen LogP contribution in [0.25, 0.3) is 0 Å². The molecule has 1 aliphatic rings. The molecule has 2 rings (SSSR count). The molecule has 0 spiro atoms. The Morgan fingerprint density at radius 1 is 1.28 bits per heavy atom. The van der Waals surface area contributed by atoms with Gasteiger partial charge in [-0.25, -0.2) is 0 Å². The molecule has 0 bridgehead atoms. The molecule has 7 nitrogen and oxygen atoms in total. The Morgan fingerprint density at radius 3 is 2.61 bits per heavy atom. The van der Waals surface area contributed by atoms with Crippen LogP contribution in [0, 0.1) is 0 Å². The third-order valence-electron chi connectivity index (χ3n) is 2.72. The largest absolute Gasteiger partial charge is 0.463 e. The topological polar surface area (TPSA) is 92.2 Å². The summed E-state index contributed by atoms with van der Waals surface area (Å²) in [5.74, 6) is 0.954. The highest BCUT2D eigenvalue weighted by molar-refractivity contribution is 5.36. The molecule has 0 amide bonds. The Morgan fingerprint density at radius 2 is 2.00 bits per heavy atom. The van der Waals surface area contributed by atoms with Crippen molar-refractivity contribution in [2.75, 3.05) is 24.3 Å². The summed E-state index contributed by atoms with van der Waals surface area (Å²) in [4.78, 5) is 12.5. The van der Waals surface area contributed by atoms with Crippen molar-refractivity contribution in [2.24, 2.45) is 0 Å². The summed E-state index contributed by atoms with van der Waals surface area (Å²) in [6.07, 6.45) is 2.15. The van der Waals surface area contributed by atoms with Crippen molar-refractivity contribution in [2.45, 2.75) is 38.3 Å². The van der Waals surface area contributed by atoms with Crippen LogP contribution >= 0.6 is 0 Å². The van der Waals surface area contributed by atoms with Gasteiger partial charge in [-0.15, -0.1) is 0 Å². The number of aliphatic hydroxyl groups is 1. The summed E-state index contributed by atoms with van der Waals surface area (Å²) in [5, 5.41) is 15.3. The van der Waals surface area contributed by atoms with Gasteiger partial charge in [0.1, 0.15) is 0 Å². The van der Waals surface area contributed by atoms with Crippen molar-refractivity contribution in [1.29, 1.82) is 0 Å². The minimum absolute atomic E-state index is 0.205. The maximum absolute atomic E-state index is 9.24. The molecule has 3 N–H and O–H groups in total. The predicted molar refractivity (Wildman–Crippen MR) is 67.8 cm³/mol. The SMILES string of the molecule is CCCOc1nc(NC)nc(NC2CC(O)C2)n1. The summed E-state index contributed by atoms with van der Waals surface area (Å²) >= 11 is 0. The van der Waals surface area contributed by atoms with Crippen LogP contribution in [0.4, 0.5) is 11.9 Å². The number of aromatic nitrogens is 3. The van der Waals surface area contributed by atoms with E-state index < -0.39 is 0 Å². The zero-order chi connectivity index (χ0) is 13.0. The van der Waals surface area contributed by atoms with Crippen molar-refractivity contribution >= 4 is 11.9 Å². The highest BCUT2D eigenvalue weighted by atomic mass is 16.5. The van der Waals surface area contributed by atoms with Crippen LogP contribution in [-0.4, -0.2) is 45.9 Å². The van der Waals surface area contributed by atoms with E-state index in [-0.39, 0.29) is 12.1 Å². The average Bonchev–Trinajstić information content (AvgIpc) is 2.34. The van der Waals surface area contributed by atoms with Gasteiger partial charge in [0.05, 0.1) is 12.7 Å². The zero-order valence-electron chi connectivity index (χ0n) is 10.7. The molecule has 1 aliphatic carbocycles. The zero-order valence-corrected chi connectivity index (χ0v) is 10.7. The standard InChI is InChI=1S/C11H19N5O2/c1-3-4-18-11-15-9(12-2)14-10(16-11)13-7-5-8(17)6-7/h7-8,17H,3-6H2,1-2H3,(H2,12,13,14,15,16). The summed E-state index contributed by atoms with van der Waals surface area (Å²) < 4.78 is 5.40. The van der Waals surface area contributed by atoms with Gasteiger partial charge in [-0.05, 0) is 19.3 Å². The maximum atomic E-state index is 9.24. The molecule has 1 saturated carbocycles. The minimum Gasteiger partial charge on any atom is -0.463 e. The van der Waals surface area contributed by atoms with Crippen LogP contribution in [0.1, 0.15) is 26.2 Å². The number of rotatable bonds is 6. The Balaban J connectivity index is 2.03. The predicted octanol–water partition coefficient (Wildman–Crippen LogP) is 0.637. The number of anilines is 2. The second kappa shape index (κ2) is 5.81. The molecule has 100 valence electrons. The Kier molecular flexibility index (Phi) is 4.14. The molecule has 0 radical (unpaired) electrons. The van der Waals surface area contributed by atoms with Crippen molar-refractivity contribution in [3.63, 3.8) is 0 Å². The second-order valence-corrected chi connectivity index (χ2v) is 4.33. The molecular weight excluding hydrogens is 234 g/mol. The average molecular weight is 253 g/mol. The molecule has 0 saturated heterocycles. The highest BCUT2D eigenvalue weighted by Gasteiger charge is 2.27. The van der Waals surface area contributed by atoms with Crippen LogP contribution in [0.5, 0.6) is 6.01 Å². The van der Waals surface area contributed by atoms with Crippen LogP contribution < -0.4 is 15.4 Å². The second-order valence-electron chi connectivity index (χ2n) is 4.33. The fraction of sp³-hybridized carbons (Fsp3) is 0.727. The normalized spacial score (nSPS) is 22.2. The smallest absolute Gasteiger partial charge is 0.323 e. The van der Waals surface area contributed by atoms with Gasteiger partial charge >= 0.3 is 6.01 Å². The van der Waals surface area contributed by atoms with E-state index in [1.807, 2.05) is 6.92 Å². The summed E-state index contributed by atoms with van der Waals surface area (Å²) in [5.41, 5.74) is 0. The van der Waals surface area contributed by atoms with Crippen molar-refractivity contribution in [3.8, 4) is 6.01 Å². The van der Waals surface area contributed by atoms with Gasteiger partial charge < -0.3 is 20.5 Å². The Bertz CT molecular complexity index is 395. The lowest BCUT2D eigenvalue weighted by Gasteiger charge is -2.31. The fourth-order valence-corrected chi connectivity index (χ4v) is 1.68. The number of ether oxygens (including phenoxy) is 1. The molecule has 7 heteroatoms. The fourth-order valence-electron chi connectivity index (χ4n) is 1.68. The van der Waals surface area contributed by atoms with Gasteiger partial charge in [-0.3, -0.25) is 0 Å². The van der Waals surface area contributed by atoms with Crippen LogP contribution in [0.2, 0.25) is 0 Å². The maximum Gasteiger partial charge on any atom is 0.323 e. The van der Waals surface area contributed by atoms with Crippen molar-refractivity contribution in [3.05, 3.63) is 0 Å². The Hall–Kier alpha value is -1.63. The molecule has 0 atom stereocenters. The van der Waals surface area contributed by atoms with Gasteiger partial charge in [0.2, 0.25) is 11.9 Å². The van der Waals surface area contributed by atoms with Crippen LogP contribution in [0.15, 0.2) is 0 Å². The molecule has 1 fully saturated rings. The van der Waals surface area contributed by atoms with Gasteiger partial charge in [-0.2, -0.15) is 15.0 Å². The van der Waals surface area contributed by atoms with E-state index in [2.05, 4.69) is 25.6 Å². The van der Waals surface area contributed by atoms with E-state index in [9.17, 15) is 5.11 Å².